The van der Waals surface area contributed by atoms with E-state index >= 15 is 0 Å². The minimum atomic E-state index is -1.09. The van der Waals surface area contributed by atoms with Crippen molar-refractivity contribution in [3.05, 3.63) is 59.4 Å². The van der Waals surface area contributed by atoms with Gasteiger partial charge < -0.3 is 10.4 Å². The highest BCUT2D eigenvalue weighted by atomic mass is 35.5. The van der Waals surface area contributed by atoms with E-state index in [-0.39, 0.29) is 0 Å². The maximum Gasteiger partial charge on any atom is 0.405 e. The molecule has 0 spiro atoms. The zero-order chi connectivity index (χ0) is 15.7. The number of imidazole rings is 1. The molecule has 5 nitrogen and oxygen atoms in total. The van der Waals surface area contributed by atoms with Crippen molar-refractivity contribution in [3.63, 3.8) is 0 Å². The largest absolute Gasteiger partial charge is 0.465 e. The molecule has 112 valence electrons. The summed E-state index contributed by atoms with van der Waals surface area (Å²) in [6.45, 7) is 1.75. The van der Waals surface area contributed by atoms with Crippen LogP contribution in [0.4, 0.5) is 4.79 Å². The van der Waals surface area contributed by atoms with E-state index in [2.05, 4.69) is 10.3 Å². The Labute approximate surface area is 132 Å². The average molecular weight is 316 g/mol. The molecule has 1 aromatic heterocycles. The first kappa shape index (κ1) is 14.4. The van der Waals surface area contributed by atoms with Crippen LogP contribution in [0.2, 0.25) is 5.02 Å². The van der Waals surface area contributed by atoms with E-state index in [1.165, 1.54) is 0 Å². The molecular formula is C16H14ClN3O2. The minimum Gasteiger partial charge on any atom is -0.465 e. The lowest BCUT2D eigenvalue weighted by atomic mass is 10.2. The summed E-state index contributed by atoms with van der Waals surface area (Å²) < 4.78 is 1.89. The summed E-state index contributed by atoms with van der Waals surface area (Å²) in [5.41, 5.74) is 2.38. The molecule has 2 N–H and O–H groups in total. The van der Waals surface area contributed by atoms with Crippen LogP contribution < -0.4 is 5.32 Å². The molecular weight excluding hydrogens is 302 g/mol. The van der Waals surface area contributed by atoms with E-state index in [1.54, 1.807) is 13.0 Å². The number of nitrogens with zero attached hydrogens (tertiary/aromatic N) is 2. The van der Waals surface area contributed by atoms with Crippen molar-refractivity contribution in [1.29, 1.82) is 0 Å². The second-order valence-corrected chi connectivity index (χ2v) is 5.33. The molecule has 0 unspecified atom stereocenters. The topological polar surface area (TPSA) is 67.2 Å². The third-order valence-electron chi connectivity index (χ3n) is 3.39. The van der Waals surface area contributed by atoms with Crippen LogP contribution in [0.1, 0.15) is 18.8 Å². The molecule has 3 aromatic rings. The van der Waals surface area contributed by atoms with Crippen molar-refractivity contribution < 1.29 is 9.90 Å². The Bertz CT molecular complexity index is 830. The Morgan fingerprint density at radius 2 is 1.95 bits per heavy atom. The first-order valence-corrected chi connectivity index (χ1v) is 7.17. The van der Waals surface area contributed by atoms with Gasteiger partial charge in [-0.2, -0.15) is 0 Å². The highest BCUT2D eigenvalue weighted by Gasteiger charge is 2.20. The highest BCUT2D eigenvalue weighted by Crippen LogP contribution is 2.30. The summed E-state index contributed by atoms with van der Waals surface area (Å²) >= 11 is 6.34. The van der Waals surface area contributed by atoms with Crippen molar-refractivity contribution in [2.45, 2.75) is 13.0 Å². The fraction of sp³-hybridized carbons (Fsp3) is 0.125. The van der Waals surface area contributed by atoms with Crippen LogP contribution >= 0.6 is 11.6 Å². The van der Waals surface area contributed by atoms with Crippen LogP contribution in [-0.4, -0.2) is 20.8 Å². The number of para-hydroxylation sites is 2. The maximum atomic E-state index is 10.9. The van der Waals surface area contributed by atoms with Gasteiger partial charge in [0.25, 0.3) is 0 Å². The second kappa shape index (κ2) is 5.69. The molecule has 0 fully saturated rings. The van der Waals surface area contributed by atoms with Crippen LogP contribution in [0.5, 0.6) is 0 Å². The van der Waals surface area contributed by atoms with Gasteiger partial charge in [0.15, 0.2) is 0 Å². The summed E-state index contributed by atoms with van der Waals surface area (Å²) in [5.74, 6) is 0.594. The van der Waals surface area contributed by atoms with E-state index < -0.39 is 12.1 Å². The molecule has 6 heteroatoms. The Morgan fingerprint density at radius 3 is 2.64 bits per heavy atom. The van der Waals surface area contributed by atoms with Crippen molar-refractivity contribution >= 4 is 28.7 Å². The van der Waals surface area contributed by atoms with Crippen LogP contribution in [0.25, 0.3) is 16.7 Å². The Morgan fingerprint density at radius 1 is 1.23 bits per heavy atom. The number of benzene rings is 2. The summed E-state index contributed by atoms with van der Waals surface area (Å²) in [6.07, 6.45) is -1.09. The summed E-state index contributed by atoms with van der Waals surface area (Å²) in [5, 5.41) is 12.0. The van der Waals surface area contributed by atoms with Gasteiger partial charge in [0.2, 0.25) is 0 Å². The zero-order valence-electron chi connectivity index (χ0n) is 11.8. The van der Waals surface area contributed by atoms with Crippen LogP contribution in [-0.2, 0) is 0 Å². The van der Waals surface area contributed by atoms with Crippen molar-refractivity contribution in [1.82, 2.24) is 14.9 Å². The number of carbonyl (C=O) groups is 1. The fourth-order valence-corrected chi connectivity index (χ4v) is 2.74. The summed E-state index contributed by atoms with van der Waals surface area (Å²) in [4.78, 5) is 15.5. The predicted octanol–water partition coefficient (Wildman–Crippen LogP) is 4.01. The third kappa shape index (κ3) is 2.51. The monoisotopic (exact) mass is 315 g/mol. The smallest absolute Gasteiger partial charge is 0.405 e. The number of amides is 1. The van der Waals surface area contributed by atoms with E-state index in [0.717, 1.165) is 16.7 Å². The second-order valence-electron chi connectivity index (χ2n) is 4.92. The predicted molar refractivity (Wildman–Crippen MR) is 85.7 cm³/mol. The van der Waals surface area contributed by atoms with Gasteiger partial charge in [-0.25, -0.2) is 9.78 Å². The maximum absolute atomic E-state index is 10.9. The number of hydrogen-bond donors (Lipinski definition) is 2. The van der Waals surface area contributed by atoms with E-state index in [9.17, 15) is 4.79 Å². The molecule has 1 amide bonds. The van der Waals surface area contributed by atoms with Crippen molar-refractivity contribution in [2.24, 2.45) is 0 Å². The lowest BCUT2D eigenvalue weighted by molar-refractivity contribution is 0.190. The minimum absolute atomic E-state index is 0.471. The third-order valence-corrected chi connectivity index (χ3v) is 3.70. The van der Waals surface area contributed by atoms with Crippen LogP contribution in [0.15, 0.2) is 48.5 Å². The van der Waals surface area contributed by atoms with Gasteiger partial charge >= 0.3 is 6.09 Å². The Hall–Kier alpha value is -2.53. The standard InChI is InChI=1S/C16H14ClN3O2/c1-10(18-16(21)22)15-19-13-9-5-8-12(17)14(13)20(15)11-6-3-2-4-7-11/h2-10,18H,1H3,(H,21,22)/t10-/m0/s1. The molecule has 0 aliphatic rings. The van der Waals surface area contributed by atoms with Crippen LogP contribution in [0.3, 0.4) is 0 Å². The number of halogens is 1. The summed E-state index contributed by atoms with van der Waals surface area (Å²) in [6, 6.07) is 14.6. The van der Waals surface area contributed by atoms with Gasteiger partial charge in [-0.3, -0.25) is 4.57 Å². The quantitative estimate of drug-likeness (QED) is 0.767. The molecule has 22 heavy (non-hydrogen) atoms. The number of fused-ring (bicyclic) bond motifs is 1. The fourth-order valence-electron chi connectivity index (χ4n) is 2.48. The SMILES string of the molecule is C[C@H](NC(=O)O)c1nc2cccc(Cl)c2n1-c1ccccc1. The molecule has 0 radical (unpaired) electrons. The molecule has 0 saturated carbocycles. The van der Waals surface area contributed by atoms with E-state index in [4.69, 9.17) is 16.7 Å². The van der Waals surface area contributed by atoms with Crippen LogP contribution in [0, 0.1) is 0 Å². The molecule has 0 aliphatic carbocycles. The Kier molecular flexibility index (Phi) is 3.73. The lowest BCUT2D eigenvalue weighted by Gasteiger charge is -2.15. The first-order chi connectivity index (χ1) is 10.6. The molecule has 1 atom stereocenters. The van der Waals surface area contributed by atoms with Gasteiger partial charge in [-0.1, -0.05) is 35.9 Å². The number of rotatable bonds is 3. The Balaban J connectivity index is 2.28. The van der Waals surface area contributed by atoms with Gasteiger partial charge in [0.1, 0.15) is 5.82 Å². The van der Waals surface area contributed by atoms with Crippen molar-refractivity contribution in [3.8, 4) is 5.69 Å². The number of nitrogens with one attached hydrogen (secondary N) is 1. The van der Waals surface area contributed by atoms with E-state index in [1.807, 2.05) is 47.0 Å². The first-order valence-electron chi connectivity index (χ1n) is 6.79. The molecule has 3 rings (SSSR count). The highest BCUT2D eigenvalue weighted by molar-refractivity contribution is 6.35. The van der Waals surface area contributed by atoms with Gasteiger partial charge in [-0.05, 0) is 31.2 Å². The molecule has 1 heterocycles. The molecule has 0 aliphatic heterocycles. The number of aromatic nitrogens is 2. The number of hydrogen-bond acceptors (Lipinski definition) is 2. The average Bonchev–Trinajstić information content (AvgIpc) is 2.88. The molecule has 0 saturated heterocycles. The lowest BCUT2D eigenvalue weighted by Crippen LogP contribution is -2.26. The van der Waals surface area contributed by atoms with Gasteiger partial charge in [0, 0.05) is 5.69 Å². The normalized spacial score (nSPS) is 12.3. The molecule has 0 bridgehead atoms. The number of carboxylic acid groups (broad SMARTS) is 1. The van der Waals surface area contributed by atoms with Gasteiger partial charge in [-0.15, -0.1) is 0 Å². The van der Waals surface area contributed by atoms with Crippen molar-refractivity contribution in [2.75, 3.05) is 0 Å². The van der Waals surface area contributed by atoms with Gasteiger partial charge in [0.05, 0.1) is 22.1 Å². The van der Waals surface area contributed by atoms with E-state index in [0.29, 0.717) is 10.8 Å². The zero-order valence-corrected chi connectivity index (χ0v) is 12.6. The summed E-state index contributed by atoms with van der Waals surface area (Å²) in [7, 11) is 0. The molecule has 2 aromatic carbocycles.